The van der Waals surface area contributed by atoms with Gasteiger partial charge in [-0.2, -0.15) is 0 Å². The van der Waals surface area contributed by atoms with Crippen molar-refractivity contribution in [3.63, 3.8) is 0 Å². The number of carbonyl (C=O) groups excluding carboxylic acids is 1. The van der Waals surface area contributed by atoms with Gasteiger partial charge in [0, 0.05) is 11.1 Å². The Bertz CT molecular complexity index is 469. The highest BCUT2D eigenvalue weighted by Crippen LogP contribution is 2.40. The van der Waals surface area contributed by atoms with E-state index in [1.165, 1.54) is 12.7 Å². The first-order valence-electron chi connectivity index (χ1n) is 7.11. The number of methoxy groups -OCH3 is 1. The fourth-order valence-corrected chi connectivity index (χ4v) is 3.02. The van der Waals surface area contributed by atoms with Crippen molar-refractivity contribution in [1.29, 1.82) is 0 Å². The van der Waals surface area contributed by atoms with Gasteiger partial charge in [-0.3, -0.25) is 4.79 Å². The Balaban J connectivity index is 1.90. The molecule has 1 saturated carbocycles. The molecule has 1 N–H and O–H groups in total. The largest absolute Gasteiger partial charge is 0.468 e. The Morgan fingerprint density at radius 3 is 2.55 bits per heavy atom. The van der Waals surface area contributed by atoms with Crippen LogP contribution in [0.25, 0.3) is 0 Å². The molecule has 1 aliphatic rings. The van der Waals surface area contributed by atoms with Crippen LogP contribution in [0.15, 0.2) is 24.3 Å². The van der Waals surface area contributed by atoms with E-state index in [0.29, 0.717) is 12.0 Å². The highest BCUT2D eigenvalue weighted by molar-refractivity contribution is 6.31. The lowest BCUT2D eigenvalue weighted by atomic mass is 9.75. The topological polar surface area (TPSA) is 38.3 Å². The molecule has 110 valence electrons. The van der Waals surface area contributed by atoms with Crippen LogP contribution in [-0.2, 0) is 9.53 Å². The normalized spacial score (nSPS) is 23.2. The molecule has 1 fully saturated rings. The zero-order valence-corrected chi connectivity index (χ0v) is 13.0. The number of halogens is 1. The van der Waals surface area contributed by atoms with Crippen molar-refractivity contribution in [2.45, 2.75) is 44.7 Å². The molecule has 1 atom stereocenters. The van der Waals surface area contributed by atoms with Crippen molar-refractivity contribution in [3.8, 4) is 0 Å². The van der Waals surface area contributed by atoms with Gasteiger partial charge in [0.25, 0.3) is 0 Å². The van der Waals surface area contributed by atoms with E-state index < -0.39 is 0 Å². The van der Waals surface area contributed by atoms with E-state index in [4.69, 9.17) is 16.3 Å². The van der Waals surface area contributed by atoms with Gasteiger partial charge in [0.1, 0.15) is 6.04 Å². The standard InChI is InChI=1S/C16H22ClNO2/c1-10(2)15(16(19)20-3)18-12-8-11(9-12)13-6-4-5-7-14(13)17/h4-7,10-12,15,18H,8-9H2,1-3H3. The number of nitrogens with one attached hydrogen (secondary N) is 1. The molecule has 4 heteroatoms. The van der Waals surface area contributed by atoms with Crippen molar-refractivity contribution < 1.29 is 9.53 Å². The number of rotatable bonds is 5. The summed E-state index contributed by atoms with van der Waals surface area (Å²) in [5, 5.41) is 4.24. The maximum atomic E-state index is 11.7. The third kappa shape index (κ3) is 3.33. The molecule has 20 heavy (non-hydrogen) atoms. The molecular formula is C16H22ClNO2. The SMILES string of the molecule is COC(=O)C(NC1CC(c2ccccc2Cl)C1)C(C)C. The number of carbonyl (C=O) groups is 1. The van der Waals surface area contributed by atoms with Gasteiger partial charge in [0.15, 0.2) is 0 Å². The fraction of sp³-hybridized carbons (Fsp3) is 0.562. The van der Waals surface area contributed by atoms with E-state index in [2.05, 4.69) is 11.4 Å². The molecule has 1 aromatic rings. The van der Waals surface area contributed by atoms with E-state index in [1.54, 1.807) is 0 Å². The van der Waals surface area contributed by atoms with E-state index >= 15 is 0 Å². The molecule has 2 rings (SSSR count). The molecule has 0 amide bonds. The first-order chi connectivity index (χ1) is 9.52. The Hall–Kier alpha value is -1.06. The summed E-state index contributed by atoms with van der Waals surface area (Å²) < 4.78 is 4.85. The lowest BCUT2D eigenvalue weighted by molar-refractivity contribution is -0.144. The van der Waals surface area contributed by atoms with Crippen molar-refractivity contribution in [3.05, 3.63) is 34.9 Å². The molecular weight excluding hydrogens is 274 g/mol. The van der Waals surface area contributed by atoms with Gasteiger partial charge in [-0.05, 0) is 36.3 Å². The number of hydrogen-bond acceptors (Lipinski definition) is 3. The van der Waals surface area contributed by atoms with Crippen LogP contribution >= 0.6 is 11.6 Å². The minimum atomic E-state index is -0.225. The maximum Gasteiger partial charge on any atom is 0.323 e. The van der Waals surface area contributed by atoms with E-state index in [0.717, 1.165) is 17.9 Å². The third-order valence-electron chi connectivity index (χ3n) is 4.02. The summed E-state index contributed by atoms with van der Waals surface area (Å²) in [5.41, 5.74) is 1.21. The van der Waals surface area contributed by atoms with Gasteiger partial charge in [0.2, 0.25) is 0 Å². The number of benzene rings is 1. The summed E-state index contributed by atoms with van der Waals surface area (Å²) in [7, 11) is 1.44. The second-order valence-corrected chi connectivity index (χ2v) is 6.21. The van der Waals surface area contributed by atoms with Gasteiger partial charge in [0.05, 0.1) is 7.11 Å². The van der Waals surface area contributed by atoms with Crippen molar-refractivity contribution in [2.24, 2.45) is 5.92 Å². The number of esters is 1. The van der Waals surface area contributed by atoms with Crippen molar-refractivity contribution in [2.75, 3.05) is 7.11 Å². The van der Waals surface area contributed by atoms with Crippen LogP contribution in [-0.4, -0.2) is 25.2 Å². The molecule has 0 heterocycles. The number of ether oxygens (including phenoxy) is 1. The number of hydrogen-bond donors (Lipinski definition) is 1. The molecule has 0 spiro atoms. The summed E-state index contributed by atoms with van der Waals surface area (Å²) >= 11 is 6.21. The van der Waals surface area contributed by atoms with Crippen LogP contribution in [0.5, 0.6) is 0 Å². The van der Waals surface area contributed by atoms with Crippen LogP contribution < -0.4 is 5.32 Å². The van der Waals surface area contributed by atoms with Gasteiger partial charge < -0.3 is 10.1 Å². The highest BCUT2D eigenvalue weighted by Gasteiger charge is 2.35. The summed E-state index contributed by atoms with van der Waals surface area (Å²) in [6.07, 6.45) is 2.04. The zero-order valence-electron chi connectivity index (χ0n) is 12.2. The molecule has 3 nitrogen and oxygen atoms in total. The predicted molar refractivity (Wildman–Crippen MR) is 81.0 cm³/mol. The lowest BCUT2D eigenvalue weighted by Crippen LogP contribution is -2.51. The average molecular weight is 296 g/mol. The third-order valence-corrected chi connectivity index (χ3v) is 4.36. The summed E-state index contributed by atoms with van der Waals surface area (Å²) in [6.45, 7) is 4.05. The van der Waals surface area contributed by atoms with E-state index in [-0.39, 0.29) is 17.9 Å². The summed E-state index contributed by atoms with van der Waals surface area (Å²) in [4.78, 5) is 11.7. The van der Waals surface area contributed by atoms with E-state index in [9.17, 15) is 4.79 Å². The Kier molecular flexibility index (Phi) is 5.06. The first kappa shape index (κ1) is 15.3. The fourth-order valence-electron chi connectivity index (χ4n) is 2.73. The second kappa shape index (κ2) is 6.59. The van der Waals surface area contributed by atoms with Gasteiger partial charge in [-0.1, -0.05) is 43.6 Å². The molecule has 0 saturated heterocycles. The minimum Gasteiger partial charge on any atom is -0.468 e. The monoisotopic (exact) mass is 295 g/mol. The highest BCUT2D eigenvalue weighted by atomic mass is 35.5. The van der Waals surface area contributed by atoms with Crippen molar-refractivity contribution in [1.82, 2.24) is 5.32 Å². The molecule has 0 aromatic heterocycles. The maximum absolute atomic E-state index is 11.7. The van der Waals surface area contributed by atoms with E-state index in [1.807, 2.05) is 32.0 Å². The van der Waals surface area contributed by atoms with Crippen LogP contribution in [0.1, 0.15) is 38.2 Å². The van der Waals surface area contributed by atoms with Crippen LogP contribution in [0, 0.1) is 5.92 Å². The zero-order chi connectivity index (χ0) is 14.7. The van der Waals surface area contributed by atoms with Gasteiger partial charge >= 0.3 is 5.97 Å². The van der Waals surface area contributed by atoms with Gasteiger partial charge in [-0.15, -0.1) is 0 Å². The molecule has 1 aliphatic carbocycles. The first-order valence-corrected chi connectivity index (χ1v) is 7.49. The molecule has 0 radical (unpaired) electrons. The summed E-state index contributed by atoms with van der Waals surface area (Å²) in [5.74, 6) is 0.537. The van der Waals surface area contributed by atoms with Crippen LogP contribution in [0.3, 0.4) is 0 Å². The average Bonchev–Trinajstić information content (AvgIpc) is 2.37. The Morgan fingerprint density at radius 1 is 1.35 bits per heavy atom. The van der Waals surface area contributed by atoms with Crippen LogP contribution in [0.2, 0.25) is 5.02 Å². The second-order valence-electron chi connectivity index (χ2n) is 5.80. The van der Waals surface area contributed by atoms with Crippen molar-refractivity contribution >= 4 is 17.6 Å². The predicted octanol–water partition coefficient (Wildman–Crippen LogP) is 3.37. The Labute approximate surface area is 125 Å². The molecule has 1 unspecified atom stereocenters. The molecule has 1 aromatic carbocycles. The quantitative estimate of drug-likeness (QED) is 0.847. The molecule has 0 aliphatic heterocycles. The van der Waals surface area contributed by atoms with Crippen LogP contribution in [0.4, 0.5) is 0 Å². The minimum absolute atomic E-state index is 0.179. The molecule has 0 bridgehead atoms. The summed E-state index contributed by atoms with van der Waals surface area (Å²) in [6, 6.07) is 8.13. The lowest BCUT2D eigenvalue weighted by Gasteiger charge is -2.39. The Morgan fingerprint density at radius 2 is 2.00 bits per heavy atom. The smallest absolute Gasteiger partial charge is 0.323 e. The van der Waals surface area contributed by atoms with Gasteiger partial charge in [-0.25, -0.2) is 0 Å².